The van der Waals surface area contributed by atoms with Crippen molar-refractivity contribution in [2.45, 2.75) is 18.9 Å². The van der Waals surface area contributed by atoms with Crippen LogP contribution in [0.1, 0.15) is 18.9 Å². The number of nitrogens with one attached hydrogen (secondary N) is 1. The van der Waals surface area contributed by atoms with Crippen LogP contribution in [0.3, 0.4) is 0 Å². The van der Waals surface area contributed by atoms with Crippen LogP contribution in [-0.2, 0) is 0 Å². The fraction of sp³-hybridized carbons (Fsp3) is 0.278. The van der Waals surface area contributed by atoms with Crippen LogP contribution in [0, 0.1) is 26.5 Å². The molecule has 0 aliphatic carbocycles. The second-order valence-electron chi connectivity index (χ2n) is 5.94. The average Bonchev–Trinajstić information content (AvgIpc) is 2.57. The van der Waals surface area contributed by atoms with Gasteiger partial charge < -0.3 is 20.3 Å². The van der Waals surface area contributed by atoms with Crippen molar-refractivity contribution in [2.24, 2.45) is 0 Å². The van der Waals surface area contributed by atoms with E-state index in [1.165, 1.54) is 19.1 Å². The summed E-state index contributed by atoms with van der Waals surface area (Å²) in [6.07, 6.45) is 0.0827. The van der Waals surface area contributed by atoms with Crippen LogP contribution in [0.4, 0.5) is 20.2 Å². The molecule has 0 saturated heterocycles. The van der Waals surface area contributed by atoms with Crippen molar-refractivity contribution in [3.63, 3.8) is 0 Å². The number of halogens is 3. The molecule has 0 saturated carbocycles. The summed E-state index contributed by atoms with van der Waals surface area (Å²) in [5.74, 6) is -1.23. The normalized spacial score (nSPS) is 13.0. The van der Waals surface area contributed by atoms with Crippen LogP contribution in [0.5, 0.6) is 5.75 Å². The van der Waals surface area contributed by atoms with E-state index in [1.54, 1.807) is 6.07 Å². The Hall–Kier alpha value is -1.96. The first-order valence-corrected chi connectivity index (χ1v) is 8.75. The first-order valence-electron chi connectivity index (χ1n) is 7.67. The van der Waals surface area contributed by atoms with Crippen molar-refractivity contribution in [1.82, 2.24) is 0 Å². The Balaban J connectivity index is 2.27. The minimum atomic E-state index is -1.34. The van der Waals surface area contributed by atoms with Crippen molar-refractivity contribution in [3.05, 3.63) is 51.1 Å². The minimum Gasteiger partial charge on any atom is -0.492 e. The van der Waals surface area contributed by atoms with Crippen LogP contribution in [0.2, 0.25) is 0 Å². The average molecular weight is 474 g/mol. The van der Waals surface area contributed by atoms with Crippen LogP contribution in [-0.4, -0.2) is 29.0 Å². The minimum absolute atomic E-state index is 0.00740. The summed E-state index contributed by atoms with van der Waals surface area (Å²) < 4.78 is 34.0. The van der Waals surface area contributed by atoms with Gasteiger partial charge in [-0.15, -0.1) is 0 Å². The molecule has 0 aliphatic heterocycles. The lowest BCUT2D eigenvalue weighted by Crippen LogP contribution is -2.31. The topological polar surface area (TPSA) is 85.5 Å². The first-order chi connectivity index (χ1) is 12.3. The Morgan fingerprint density at radius 1 is 1.27 bits per heavy atom. The van der Waals surface area contributed by atoms with E-state index in [0.29, 0.717) is 3.57 Å². The molecule has 8 heteroatoms. The Bertz CT molecular complexity index is 838. The lowest BCUT2D eigenvalue weighted by molar-refractivity contribution is -0.0139. The molecule has 0 radical (unpaired) electrons. The number of aliphatic hydroxyl groups is 2. The predicted molar refractivity (Wildman–Crippen MR) is 101 cm³/mol. The lowest BCUT2D eigenvalue weighted by Gasteiger charge is -2.20. The molecule has 0 heterocycles. The third kappa shape index (κ3) is 5.27. The quantitative estimate of drug-likeness (QED) is 0.534. The van der Waals surface area contributed by atoms with Gasteiger partial charge >= 0.3 is 0 Å². The van der Waals surface area contributed by atoms with Gasteiger partial charge in [0.1, 0.15) is 29.0 Å². The molecule has 0 amide bonds. The van der Waals surface area contributed by atoms with Crippen molar-refractivity contribution in [1.29, 1.82) is 5.26 Å². The zero-order chi connectivity index (χ0) is 19.3. The highest BCUT2D eigenvalue weighted by molar-refractivity contribution is 14.1. The van der Waals surface area contributed by atoms with E-state index in [9.17, 15) is 19.1 Å². The van der Waals surface area contributed by atoms with Gasteiger partial charge in [0.15, 0.2) is 0 Å². The second-order valence-corrected chi connectivity index (χ2v) is 7.19. The third-order valence-electron chi connectivity index (χ3n) is 3.62. The van der Waals surface area contributed by atoms with Crippen LogP contribution in [0.15, 0.2) is 30.3 Å². The van der Waals surface area contributed by atoms with E-state index < -0.39 is 23.8 Å². The summed E-state index contributed by atoms with van der Waals surface area (Å²) in [7, 11) is 0. The molecule has 0 spiro atoms. The molecule has 26 heavy (non-hydrogen) atoms. The molecule has 0 bridgehead atoms. The highest BCUT2D eigenvalue weighted by atomic mass is 127. The van der Waals surface area contributed by atoms with E-state index in [1.807, 2.05) is 28.7 Å². The molecule has 0 fully saturated rings. The molecule has 0 aromatic heterocycles. The summed E-state index contributed by atoms with van der Waals surface area (Å²) in [6.45, 7) is 0.937. The SMILES string of the molecule is CC(O)(CO)CCOc1cc(F)cc(Nc2ccc(I)cc2F)c1C#N. The number of benzene rings is 2. The van der Waals surface area contributed by atoms with E-state index in [2.05, 4.69) is 5.32 Å². The van der Waals surface area contributed by atoms with Gasteiger partial charge in [0, 0.05) is 16.1 Å². The number of anilines is 2. The highest BCUT2D eigenvalue weighted by Gasteiger charge is 2.20. The fourth-order valence-corrected chi connectivity index (χ4v) is 2.56. The van der Waals surface area contributed by atoms with Gasteiger partial charge in [0.05, 0.1) is 30.2 Å². The van der Waals surface area contributed by atoms with Crippen molar-refractivity contribution in [3.8, 4) is 11.8 Å². The predicted octanol–water partition coefficient (Wildman–Crippen LogP) is 3.70. The molecule has 5 nitrogen and oxygen atoms in total. The van der Waals surface area contributed by atoms with Gasteiger partial charge in [-0.2, -0.15) is 5.26 Å². The zero-order valence-corrected chi connectivity index (χ0v) is 16.0. The maximum atomic E-state index is 14.0. The molecule has 0 aliphatic rings. The number of aliphatic hydroxyl groups excluding tert-OH is 1. The number of nitrogens with zero attached hydrogens (tertiary/aromatic N) is 1. The highest BCUT2D eigenvalue weighted by Crippen LogP contribution is 2.31. The van der Waals surface area contributed by atoms with Crippen LogP contribution in [0.25, 0.3) is 0 Å². The summed E-state index contributed by atoms with van der Waals surface area (Å²) in [4.78, 5) is 0. The summed E-state index contributed by atoms with van der Waals surface area (Å²) in [5, 5.41) is 30.9. The molecule has 2 aromatic rings. The summed E-state index contributed by atoms with van der Waals surface area (Å²) in [6, 6.07) is 8.50. The van der Waals surface area contributed by atoms with Gasteiger partial charge in [-0.1, -0.05) is 0 Å². The van der Waals surface area contributed by atoms with Gasteiger partial charge in [0.25, 0.3) is 0 Å². The molecule has 1 unspecified atom stereocenters. The first kappa shape index (κ1) is 20.4. The molecule has 1 atom stereocenters. The van der Waals surface area contributed by atoms with E-state index >= 15 is 0 Å². The number of hydrogen-bond acceptors (Lipinski definition) is 5. The van der Waals surface area contributed by atoms with Gasteiger partial charge in [-0.05, 0) is 53.8 Å². The van der Waals surface area contributed by atoms with E-state index in [-0.39, 0.29) is 35.7 Å². The van der Waals surface area contributed by atoms with E-state index in [0.717, 1.165) is 12.1 Å². The van der Waals surface area contributed by atoms with Gasteiger partial charge in [0.2, 0.25) is 0 Å². The van der Waals surface area contributed by atoms with Gasteiger partial charge in [-0.3, -0.25) is 0 Å². The third-order valence-corrected chi connectivity index (χ3v) is 4.29. The fourth-order valence-electron chi connectivity index (χ4n) is 2.11. The van der Waals surface area contributed by atoms with Crippen molar-refractivity contribution >= 4 is 34.0 Å². The standard InChI is InChI=1S/C18H17F2IN2O3/c1-18(25,10-24)4-5-26-17-7-11(19)6-16(13(17)9-22)23-15-3-2-12(21)8-14(15)20/h2-3,6-8,23-25H,4-5,10H2,1H3. The summed E-state index contributed by atoms with van der Waals surface area (Å²) in [5.41, 5.74) is -1.17. The molecule has 3 N–H and O–H groups in total. The lowest BCUT2D eigenvalue weighted by atomic mass is 10.1. The molecule has 138 valence electrons. The number of nitriles is 1. The van der Waals surface area contributed by atoms with E-state index in [4.69, 9.17) is 9.84 Å². The molecule has 2 rings (SSSR count). The van der Waals surface area contributed by atoms with Crippen LogP contribution < -0.4 is 10.1 Å². The number of hydrogen-bond donors (Lipinski definition) is 3. The smallest absolute Gasteiger partial charge is 0.147 e. The summed E-state index contributed by atoms with van der Waals surface area (Å²) >= 11 is 1.96. The van der Waals surface area contributed by atoms with Crippen molar-refractivity contribution < 1.29 is 23.7 Å². The maximum absolute atomic E-state index is 14.0. The monoisotopic (exact) mass is 474 g/mol. The number of ether oxygens (including phenoxy) is 1. The Morgan fingerprint density at radius 3 is 2.62 bits per heavy atom. The molecule has 2 aromatic carbocycles. The molecular weight excluding hydrogens is 457 g/mol. The zero-order valence-electron chi connectivity index (χ0n) is 13.9. The van der Waals surface area contributed by atoms with Crippen LogP contribution >= 0.6 is 22.6 Å². The Kier molecular flexibility index (Phi) is 6.75. The maximum Gasteiger partial charge on any atom is 0.147 e. The second kappa shape index (κ2) is 8.62. The largest absolute Gasteiger partial charge is 0.492 e. The number of rotatable bonds is 7. The Morgan fingerprint density at radius 2 is 2.00 bits per heavy atom. The van der Waals surface area contributed by atoms with Gasteiger partial charge in [-0.25, -0.2) is 8.78 Å². The Labute approximate surface area is 163 Å². The van der Waals surface area contributed by atoms with Crippen molar-refractivity contribution in [2.75, 3.05) is 18.5 Å². The molecular formula is C18H17F2IN2O3.